The zero-order valence-corrected chi connectivity index (χ0v) is 8.73. The molecule has 0 saturated carbocycles. The SMILES string of the molecule is CCCCC(=O)C(CC)CCC. The topological polar surface area (TPSA) is 17.1 Å². The van der Waals surface area contributed by atoms with Crippen molar-refractivity contribution in [2.45, 2.75) is 59.3 Å². The molecule has 1 atom stereocenters. The molecule has 12 heavy (non-hydrogen) atoms. The first-order valence-electron chi connectivity index (χ1n) is 5.28. The number of rotatable bonds is 7. The Kier molecular flexibility index (Phi) is 7.12. The van der Waals surface area contributed by atoms with E-state index in [1.54, 1.807) is 0 Å². The maximum absolute atomic E-state index is 11.5. The van der Waals surface area contributed by atoms with Gasteiger partial charge in [-0.15, -0.1) is 0 Å². The largest absolute Gasteiger partial charge is 0.299 e. The average molecular weight is 170 g/mol. The van der Waals surface area contributed by atoms with Gasteiger partial charge in [-0.1, -0.05) is 33.6 Å². The first-order chi connectivity index (χ1) is 5.76. The molecule has 0 aliphatic rings. The van der Waals surface area contributed by atoms with Crippen molar-refractivity contribution >= 4 is 5.78 Å². The summed E-state index contributed by atoms with van der Waals surface area (Å²) in [5.74, 6) is 0.836. The number of unbranched alkanes of at least 4 members (excludes halogenated alkanes) is 1. The molecule has 0 N–H and O–H groups in total. The molecule has 1 nitrogen and oxygen atoms in total. The van der Waals surface area contributed by atoms with Crippen LogP contribution in [-0.4, -0.2) is 5.78 Å². The Balaban J connectivity index is 3.69. The summed E-state index contributed by atoms with van der Waals surface area (Å²) in [7, 11) is 0. The van der Waals surface area contributed by atoms with Crippen LogP contribution in [0.1, 0.15) is 59.3 Å². The van der Waals surface area contributed by atoms with Gasteiger partial charge in [0.2, 0.25) is 0 Å². The van der Waals surface area contributed by atoms with Crippen molar-refractivity contribution in [3.63, 3.8) is 0 Å². The lowest BCUT2D eigenvalue weighted by atomic mass is 9.93. The minimum absolute atomic E-state index is 0.349. The van der Waals surface area contributed by atoms with Crippen molar-refractivity contribution in [3.8, 4) is 0 Å². The fourth-order valence-electron chi connectivity index (χ4n) is 1.50. The van der Waals surface area contributed by atoms with Crippen LogP contribution in [0.4, 0.5) is 0 Å². The minimum Gasteiger partial charge on any atom is -0.299 e. The summed E-state index contributed by atoms with van der Waals surface area (Å²) in [6.07, 6.45) is 6.24. The summed E-state index contributed by atoms with van der Waals surface area (Å²) in [6, 6.07) is 0. The quantitative estimate of drug-likeness (QED) is 0.571. The summed E-state index contributed by atoms with van der Waals surface area (Å²) >= 11 is 0. The molecule has 0 fully saturated rings. The summed E-state index contributed by atoms with van der Waals surface area (Å²) in [6.45, 7) is 6.40. The van der Waals surface area contributed by atoms with Gasteiger partial charge >= 0.3 is 0 Å². The maximum atomic E-state index is 11.5. The molecule has 0 aromatic carbocycles. The third kappa shape index (κ3) is 4.53. The van der Waals surface area contributed by atoms with Gasteiger partial charge in [-0.2, -0.15) is 0 Å². The molecule has 0 aliphatic carbocycles. The van der Waals surface area contributed by atoms with Gasteiger partial charge in [0.1, 0.15) is 5.78 Å². The fraction of sp³-hybridized carbons (Fsp3) is 0.909. The van der Waals surface area contributed by atoms with E-state index in [2.05, 4.69) is 20.8 Å². The number of ketones is 1. The van der Waals surface area contributed by atoms with Crippen molar-refractivity contribution < 1.29 is 4.79 Å². The van der Waals surface area contributed by atoms with Gasteiger partial charge in [-0.05, 0) is 19.3 Å². The summed E-state index contributed by atoms with van der Waals surface area (Å²) < 4.78 is 0. The van der Waals surface area contributed by atoms with Gasteiger partial charge in [-0.25, -0.2) is 0 Å². The Bertz CT molecular complexity index is 118. The number of hydrogen-bond acceptors (Lipinski definition) is 1. The van der Waals surface area contributed by atoms with E-state index in [1.807, 2.05) is 0 Å². The van der Waals surface area contributed by atoms with Gasteiger partial charge < -0.3 is 0 Å². The van der Waals surface area contributed by atoms with Gasteiger partial charge in [0.15, 0.2) is 0 Å². The van der Waals surface area contributed by atoms with Crippen molar-refractivity contribution in [2.75, 3.05) is 0 Å². The molecule has 0 aromatic rings. The second-order valence-corrected chi connectivity index (χ2v) is 3.46. The summed E-state index contributed by atoms with van der Waals surface area (Å²) in [4.78, 5) is 11.5. The Morgan fingerprint density at radius 2 is 1.83 bits per heavy atom. The first kappa shape index (κ1) is 11.7. The van der Waals surface area contributed by atoms with Crippen LogP contribution < -0.4 is 0 Å². The average Bonchev–Trinajstić information content (AvgIpc) is 2.10. The van der Waals surface area contributed by atoms with Gasteiger partial charge in [0, 0.05) is 12.3 Å². The number of hydrogen-bond donors (Lipinski definition) is 0. The van der Waals surface area contributed by atoms with Crippen LogP contribution in [0.5, 0.6) is 0 Å². The molecule has 0 rings (SSSR count). The van der Waals surface area contributed by atoms with Crippen LogP contribution in [0.2, 0.25) is 0 Å². The highest BCUT2D eigenvalue weighted by atomic mass is 16.1. The lowest BCUT2D eigenvalue weighted by Gasteiger charge is -2.11. The van der Waals surface area contributed by atoms with E-state index < -0.39 is 0 Å². The van der Waals surface area contributed by atoms with Crippen LogP contribution in [0.25, 0.3) is 0 Å². The lowest BCUT2D eigenvalue weighted by molar-refractivity contribution is -0.123. The first-order valence-corrected chi connectivity index (χ1v) is 5.28. The molecule has 0 saturated heterocycles. The Morgan fingerprint density at radius 1 is 1.17 bits per heavy atom. The lowest BCUT2D eigenvalue weighted by Crippen LogP contribution is -2.12. The predicted molar refractivity (Wildman–Crippen MR) is 53.2 cm³/mol. The zero-order chi connectivity index (χ0) is 9.40. The standard InChI is InChI=1S/C11H22O/c1-4-7-9-11(12)10(6-3)8-5-2/h10H,4-9H2,1-3H3. The van der Waals surface area contributed by atoms with Crippen molar-refractivity contribution in [2.24, 2.45) is 5.92 Å². The predicted octanol–water partition coefficient (Wildman–Crippen LogP) is 3.57. The molecule has 0 heterocycles. The smallest absolute Gasteiger partial charge is 0.135 e. The molecule has 0 amide bonds. The van der Waals surface area contributed by atoms with Gasteiger partial charge in [-0.3, -0.25) is 4.79 Å². The molecule has 0 bridgehead atoms. The Hall–Kier alpha value is -0.330. The van der Waals surface area contributed by atoms with Crippen LogP contribution in [-0.2, 0) is 4.79 Å². The summed E-state index contributed by atoms with van der Waals surface area (Å²) in [5.41, 5.74) is 0. The van der Waals surface area contributed by atoms with Crippen LogP contribution in [0, 0.1) is 5.92 Å². The number of carbonyl (C=O) groups excluding carboxylic acids is 1. The molecule has 0 spiro atoms. The summed E-state index contributed by atoms with van der Waals surface area (Å²) in [5, 5.41) is 0. The molecular weight excluding hydrogens is 148 g/mol. The van der Waals surface area contributed by atoms with Crippen LogP contribution >= 0.6 is 0 Å². The van der Waals surface area contributed by atoms with E-state index in [0.29, 0.717) is 11.7 Å². The minimum atomic E-state index is 0.349. The molecular formula is C11H22O. The van der Waals surface area contributed by atoms with E-state index in [-0.39, 0.29) is 0 Å². The number of Topliss-reactive ketones (excluding diaryl/α,β-unsaturated/α-hetero) is 1. The van der Waals surface area contributed by atoms with E-state index >= 15 is 0 Å². The normalized spacial score (nSPS) is 12.9. The fourth-order valence-corrected chi connectivity index (χ4v) is 1.50. The number of carbonyl (C=O) groups is 1. The second kappa shape index (κ2) is 7.33. The maximum Gasteiger partial charge on any atom is 0.135 e. The van der Waals surface area contributed by atoms with Crippen LogP contribution in [0.15, 0.2) is 0 Å². The molecule has 0 aliphatic heterocycles. The molecule has 1 unspecified atom stereocenters. The van der Waals surface area contributed by atoms with Gasteiger partial charge in [0.05, 0.1) is 0 Å². The Labute approximate surface area is 76.6 Å². The molecule has 1 heteroatoms. The molecule has 0 radical (unpaired) electrons. The zero-order valence-electron chi connectivity index (χ0n) is 8.73. The highest BCUT2D eigenvalue weighted by molar-refractivity contribution is 5.80. The van der Waals surface area contributed by atoms with E-state index in [9.17, 15) is 4.79 Å². The monoisotopic (exact) mass is 170 g/mol. The highest BCUT2D eigenvalue weighted by Crippen LogP contribution is 2.15. The van der Waals surface area contributed by atoms with E-state index in [4.69, 9.17) is 0 Å². The van der Waals surface area contributed by atoms with Crippen molar-refractivity contribution in [3.05, 3.63) is 0 Å². The van der Waals surface area contributed by atoms with E-state index in [0.717, 1.165) is 38.5 Å². The Morgan fingerprint density at radius 3 is 2.25 bits per heavy atom. The molecule has 0 aromatic heterocycles. The van der Waals surface area contributed by atoms with E-state index in [1.165, 1.54) is 0 Å². The second-order valence-electron chi connectivity index (χ2n) is 3.46. The molecule has 72 valence electrons. The third-order valence-corrected chi connectivity index (χ3v) is 2.36. The van der Waals surface area contributed by atoms with Crippen LogP contribution in [0.3, 0.4) is 0 Å². The third-order valence-electron chi connectivity index (χ3n) is 2.36. The highest BCUT2D eigenvalue weighted by Gasteiger charge is 2.13. The van der Waals surface area contributed by atoms with Crippen molar-refractivity contribution in [1.82, 2.24) is 0 Å². The van der Waals surface area contributed by atoms with Crippen molar-refractivity contribution in [1.29, 1.82) is 0 Å². The van der Waals surface area contributed by atoms with Gasteiger partial charge in [0.25, 0.3) is 0 Å².